The smallest absolute Gasteiger partial charge is 0.160 e. The molecule has 0 radical (unpaired) electrons. The molecule has 6 nitrogen and oxygen atoms in total. The van der Waals surface area contributed by atoms with E-state index in [0.29, 0.717) is 5.82 Å². The first-order chi connectivity index (χ1) is 46.7. The first kappa shape index (κ1) is 53.2. The number of aromatic nitrogens is 6. The molecule has 19 aromatic rings. The number of rotatable bonds is 10. The fourth-order valence-electron chi connectivity index (χ4n) is 15.1. The lowest BCUT2D eigenvalue weighted by Crippen LogP contribution is -2.06. The van der Waals surface area contributed by atoms with Crippen molar-refractivity contribution in [2.24, 2.45) is 0 Å². The summed E-state index contributed by atoms with van der Waals surface area (Å²) in [6.07, 6.45) is 0. The zero-order valence-corrected chi connectivity index (χ0v) is 51.0. The van der Waals surface area contributed by atoms with E-state index in [1.807, 2.05) is 0 Å². The van der Waals surface area contributed by atoms with Crippen LogP contribution in [0.2, 0.25) is 0 Å². The highest BCUT2D eigenvalue weighted by Gasteiger charge is 2.28. The molecule has 5 aromatic heterocycles. The van der Waals surface area contributed by atoms with Crippen LogP contribution in [0.15, 0.2) is 340 Å². The molecule has 0 unspecified atom stereocenters. The van der Waals surface area contributed by atoms with Gasteiger partial charge in [0.2, 0.25) is 0 Å². The van der Waals surface area contributed by atoms with Crippen LogP contribution in [0.3, 0.4) is 0 Å². The molecule has 0 bridgehead atoms. The molecule has 94 heavy (non-hydrogen) atoms. The topological polar surface area (TPSA) is 45.5 Å². The maximum absolute atomic E-state index is 5.63. The van der Waals surface area contributed by atoms with E-state index in [2.05, 4.69) is 358 Å². The second-order valence-corrected chi connectivity index (χ2v) is 24.4. The third-order valence-corrected chi connectivity index (χ3v) is 19.2. The number of benzene rings is 14. The molecule has 0 fully saturated rings. The number of fused-ring (bicyclic) bond motifs is 12. The quantitative estimate of drug-likeness (QED) is 0.137. The first-order valence-electron chi connectivity index (χ1n) is 32.1. The van der Waals surface area contributed by atoms with Crippen LogP contribution in [-0.2, 0) is 0 Å². The summed E-state index contributed by atoms with van der Waals surface area (Å²) in [7, 11) is 0. The molecule has 0 spiro atoms. The van der Waals surface area contributed by atoms with Crippen molar-refractivity contribution in [3.05, 3.63) is 340 Å². The molecule has 0 saturated carbocycles. The summed E-state index contributed by atoms with van der Waals surface area (Å²) < 4.78 is 9.88. The van der Waals surface area contributed by atoms with Crippen LogP contribution < -0.4 is 0 Å². The number of nitrogens with zero attached hydrogens (tertiary/aromatic N) is 6. The van der Waals surface area contributed by atoms with Gasteiger partial charge in [-0.15, -0.1) is 0 Å². The predicted molar refractivity (Wildman–Crippen MR) is 392 cm³/mol. The average Bonchev–Trinajstić information content (AvgIpc) is 1.46. The first-order valence-corrected chi connectivity index (χ1v) is 32.1. The largest absolute Gasteiger partial charge is 0.309 e. The highest BCUT2D eigenvalue weighted by atomic mass is 15.0. The number of hydrogen-bond acceptors (Lipinski definition) is 2. The van der Waals surface area contributed by atoms with E-state index in [4.69, 9.17) is 9.97 Å². The van der Waals surface area contributed by atoms with Gasteiger partial charge in [-0.2, -0.15) is 0 Å². The van der Waals surface area contributed by atoms with Gasteiger partial charge in [-0.3, -0.25) is 0 Å². The van der Waals surface area contributed by atoms with Crippen LogP contribution in [0.4, 0.5) is 0 Å². The molecule has 438 valence electrons. The van der Waals surface area contributed by atoms with Crippen LogP contribution in [0.5, 0.6) is 0 Å². The zero-order valence-electron chi connectivity index (χ0n) is 51.0. The Morgan fingerprint density at radius 3 is 0.936 bits per heavy atom. The Balaban J connectivity index is 0.946. The van der Waals surface area contributed by atoms with Crippen molar-refractivity contribution in [3.8, 4) is 90.0 Å². The fraction of sp³-hybridized carbons (Fsp3) is 0. The number of hydrogen-bond donors (Lipinski definition) is 0. The van der Waals surface area contributed by atoms with Crippen LogP contribution in [0.25, 0.3) is 177 Å². The normalized spacial score (nSPS) is 11.8. The van der Waals surface area contributed by atoms with E-state index in [-0.39, 0.29) is 0 Å². The lowest BCUT2D eigenvalue weighted by molar-refractivity contribution is 1.15. The monoisotopic (exact) mass is 1200 g/mol. The van der Waals surface area contributed by atoms with Crippen molar-refractivity contribution in [2.45, 2.75) is 0 Å². The van der Waals surface area contributed by atoms with Gasteiger partial charge in [0.1, 0.15) is 0 Å². The summed E-state index contributed by atoms with van der Waals surface area (Å²) in [5.41, 5.74) is 24.3. The van der Waals surface area contributed by atoms with Crippen LogP contribution >= 0.6 is 0 Å². The molecule has 0 amide bonds. The third-order valence-electron chi connectivity index (χ3n) is 19.2. The van der Waals surface area contributed by atoms with Crippen molar-refractivity contribution in [1.29, 1.82) is 0 Å². The molecule has 0 atom stereocenters. The van der Waals surface area contributed by atoms with Gasteiger partial charge in [0, 0.05) is 87.7 Å². The summed E-state index contributed by atoms with van der Waals surface area (Å²) in [6, 6.07) is 124. The predicted octanol–water partition coefficient (Wildman–Crippen LogP) is 22.9. The average molecular weight is 1200 g/mol. The fourth-order valence-corrected chi connectivity index (χ4v) is 15.1. The minimum atomic E-state index is 0.619. The van der Waals surface area contributed by atoms with E-state index in [0.717, 1.165) is 128 Å². The second-order valence-electron chi connectivity index (χ2n) is 24.4. The van der Waals surface area contributed by atoms with Gasteiger partial charge in [-0.1, -0.05) is 237 Å². The maximum Gasteiger partial charge on any atom is 0.160 e. The molecule has 0 N–H and O–H groups in total. The van der Waals surface area contributed by atoms with E-state index < -0.39 is 0 Å². The minimum absolute atomic E-state index is 0.619. The molecule has 0 saturated heterocycles. The van der Waals surface area contributed by atoms with Gasteiger partial charge < -0.3 is 18.3 Å². The van der Waals surface area contributed by atoms with E-state index in [1.165, 1.54) is 43.4 Å². The summed E-state index contributed by atoms with van der Waals surface area (Å²) in [6.45, 7) is 0. The molecule has 0 aliphatic rings. The Morgan fingerprint density at radius 1 is 0.191 bits per heavy atom. The Labute approximate surface area is 542 Å². The summed E-state index contributed by atoms with van der Waals surface area (Å²) in [5.74, 6) is 0.619. The van der Waals surface area contributed by atoms with E-state index in [1.54, 1.807) is 0 Å². The molecular weight excluding hydrogens is 1140 g/mol. The van der Waals surface area contributed by atoms with Crippen LogP contribution in [0.1, 0.15) is 0 Å². The van der Waals surface area contributed by atoms with E-state index >= 15 is 0 Å². The van der Waals surface area contributed by atoms with Crippen molar-refractivity contribution < 1.29 is 0 Å². The lowest BCUT2D eigenvalue weighted by Gasteiger charge is -2.24. The second kappa shape index (κ2) is 21.5. The van der Waals surface area contributed by atoms with Gasteiger partial charge in [0.15, 0.2) is 5.82 Å². The molecular formula is C88H56N6. The molecule has 5 heterocycles. The van der Waals surface area contributed by atoms with Crippen molar-refractivity contribution in [1.82, 2.24) is 28.2 Å². The van der Waals surface area contributed by atoms with Crippen molar-refractivity contribution >= 4 is 87.2 Å². The third kappa shape index (κ3) is 8.36. The van der Waals surface area contributed by atoms with Gasteiger partial charge in [0.25, 0.3) is 0 Å². The van der Waals surface area contributed by atoms with Gasteiger partial charge in [0.05, 0.1) is 72.6 Å². The molecule has 14 aromatic carbocycles. The van der Waals surface area contributed by atoms with Gasteiger partial charge in [-0.05, 0) is 114 Å². The van der Waals surface area contributed by atoms with Crippen molar-refractivity contribution in [3.63, 3.8) is 0 Å². The standard InChI is InChI=1S/C88H56N6/c1-4-26-57(27-5-1)75-56-76(58-28-6-2-7-29-58)90-88(89-75)61-54-73(69-38-16-23-45-82(69)92-78-41-19-10-32-63(78)64-33-11-20-42-79(64)92)87(74(55-61)70-39-17-24-46-83(70)93-80-43-21-12-34-65(80)66-35-13-22-44-81(66)93)94-84-47-25-15-37-68(84)72-53-60(49-51-86(72)94)59-48-50-85-71(52-59)67-36-14-18-40-77(67)91(85)62-30-8-3-9-31-62/h1-56H. The Bertz CT molecular complexity index is 5880. The molecule has 0 aliphatic carbocycles. The maximum atomic E-state index is 5.63. The Kier molecular flexibility index (Phi) is 12.2. The summed E-state index contributed by atoms with van der Waals surface area (Å²) >= 11 is 0. The van der Waals surface area contributed by atoms with E-state index in [9.17, 15) is 0 Å². The van der Waals surface area contributed by atoms with Crippen molar-refractivity contribution in [2.75, 3.05) is 0 Å². The molecule has 6 heteroatoms. The van der Waals surface area contributed by atoms with Crippen LogP contribution in [-0.4, -0.2) is 28.2 Å². The van der Waals surface area contributed by atoms with Gasteiger partial charge >= 0.3 is 0 Å². The highest BCUT2D eigenvalue weighted by Crippen LogP contribution is 2.49. The minimum Gasteiger partial charge on any atom is -0.309 e. The lowest BCUT2D eigenvalue weighted by atomic mass is 9.90. The Morgan fingerprint density at radius 2 is 0.511 bits per heavy atom. The Hall–Kier alpha value is -12.6. The highest BCUT2D eigenvalue weighted by molar-refractivity contribution is 6.16. The summed E-state index contributed by atoms with van der Waals surface area (Å²) in [4.78, 5) is 11.3. The zero-order chi connectivity index (χ0) is 61.8. The number of para-hydroxylation sites is 9. The summed E-state index contributed by atoms with van der Waals surface area (Å²) in [5, 5.41) is 9.52. The molecule has 19 rings (SSSR count). The van der Waals surface area contributed by atoms with Crippen LogP contribution in [0, 0.1) is 0 Å². The van der Waals surface area contributed by atoms with Gasteiger partial charge in [-0.25, -0.2) is 9.97 Å². The SMILES string of the molecule is c1ccc(-c2cc(-c3ccccc3)nc(-c3cc(-c4ccccc4-n4c5ccccc5c5ccccc54)c(-n4c5ccccc5c5cc(-c6ccc7c(c6)c6ccccc6n7-c6ccccc6)ccc54)c(-c4ccccc4-n4c5ccccc5c5ccccc54)c3)n2)cc1. The molecule has 0 aliphatic heterocycles.